The molecule has 1 atom stereocenters. The standard InChI is InChI=1S/C7H7ClO/c1-5-3-2-4-6(8)7(5)9/h2-4,7,9H,1H2. The average Bonchev–Trinajstić information content (AvgIpc) is 1.83. The van der Waals surface area contributed by atoms with Crippen LogP contribution in [0, 0.1) is 0 Å². The zero-order chi connectivity index (χ0) is 6.85. The van der Waals surface area contributed by atoms with Crippen LogP contribution in [0.15, 0.2) is 35.4 Å². The molecule has 1 aliphatic carbocycles. The first-order valence-electron chi connectivity index (χ1n) is 2.62. The number of allylic oxidation sites excluding steroid dienone is 2. The van der Waals surface area contributed by atoms with E-state index in [0.717, 1.165) is 0 Å². The Hall–Kier alpha value is -0.530. The molecule has 1 nitrogen and oxygen atoms in total. The van der Waals surface area contributed by atoms with Crippen LogP contribution >= 0.6 is 11.6 Å². The van der Waals surface area contributed by atoms with Gasteiger partial charge in [0, 0.05) is 0 Å². The van der Waals surface area contributed by atoms with Gasteiger partial charge in [0.15, 0.2) is 0 Å². The normalized spacial score (nSPS) is 26.2. The highest BCUT2D eigenvalue weighted by molar-refractivity contribution is 6.30. The monoisotopic (exact) mass is 142 g/mol. The Morgan fingerprint density at radius 3 is 2.78 bits per heavy atom. The molecule has 0 saturated heterocycles. The molecule has 0 fully saturated rings. The summed E-state index contributed by atoms with van der Waals surface area (Å²) in [6, 6.07) is 0. The van der Waals surface area contributed by atoms with Gasteiger partial charge in [0.05, 0.1) is 5.03 Å². The molecule has 0 heterocycles. The van der Waals surface area contributed by atoms with Crippen LogP contribution in [0.4, 0.5) is 0 Å². The van der Waals surface area contributed by atoms with Gasteiger partial charge in [-0.3, -0.25) is 0 Å². The minimum Gasteiger partial charge on any atom is -0.383 e. The second kappa shape index (κ2) is 2.38. The fourth-order valence-electron chi connectivity index (χ4n) is 0.623. The molecule has 48 valence electrons. The summed E-state index contributed by atoms with van der Waals surface area (Å²) in [6.07, 6.45) is 4.46. The maximum atomic E-state index is 9.10. The summed E-state index contributed by atoms with van der Waals surface area (Å²) < 4.78 is 0. The minimum absolute atomic E-state index is 0.433. The fraction of sp³-hybridized carbons (Fsp3) is 0.143. The van der Waals surface area contributed by atoms with E-state index in [-0.39, 0.29) is 0 Å². The SMILES string of the molecule is C=C1C=CC=C(Cl)C1O. The summed E-state index contributed by atoms with van der Waals surface area (Å²) in [5, 5.41) is 9.53. The van der Waals surface area contributed by atoms with Crippen LogP contribution in [0.5, 0.6) is 0 Å². The van der Waals surface area contributed by atoms with Gasteiger partial charge in [-0.1, -0.05) is 30.3 Å². The molecule has 1 N–H and O–H groups in total. The maximum Gasteiger partial charge on any atom is 0.114 e. The number of halogens is 1. The van der Waals surface area contributed by atoms with Crippen molar-refractivity contribution in [1.29, 1.82) is 0 Å². The van der Waals surface area contributed by atoms with E-state index in [1.54, 1.807) is 18.2 Å². The molecule has 1 aliphatic rings. The van der Waals surface area contributed by atoms with Crippen LogP contribution < -0.4 is 0 Å². The molecule has 0 saturated carbocycles. The van der Waals surface area contributed by atoms with Gasteiger partial charge in [0.2, 0.25) is 0 Å². The van der Waals surface area contributed by atoms with Gasteiger partial charge < -0.3 is 5.11 Å². The van der Waals surface area contributed by atoms with Crippen LogP contribution in [0.2, 0.25) is 0 Å². The van der Waals surface area contributed by atoms with Gasteiger partial charge in [-0.05, 0) is 11.6 Å². The Balaban J connectivity index is 2.86. The topological polar surface area (TPSA) is 20.2 Å². The molecular formula is C7H7ClO. The number of rotatable bonds is 0. The van der Waals surface area contributed by atoms with E-state index in [1.807, 2.05) is 0 Å². The second-order valence-electron chi connectivity index (χ2n) is 1.89. The van der Waals surface area contributed by atoms with Crippen molar-refractivity contribution >= 4 is 11.6 Å². The third kappa shape index (κ3) is 1.23. The van der Waals surface area contributed by atoms with Crippen molar-refractivity contribution < 1.29 is 5.11 Å². The molecule has 1 rings (SSSR count). The molecule has 1 unspecified atom stereocenters. The third-order valence-corrected chi connectivity index (χ3v) is 1.51. The van der Waals surface area contributed by atoms with E-state index in [0.29, 0.717) is 10.6 Å². The zero-order valence-electron chi connectivity index (χ0n) is 4.84. The molecule has 0 aromatic rings. The largest absolute Gasteiger partial charge is 0.383 e. The lowest BCUT2D eigenvalue weighted by atomic mass is 10.1. The van der Waals surface area contributed by atoms with Crippen molar-refractivity contribution in [3.05, 3.63) is 35.4 Å². The Morgan fingerprint density at radius 2 is 2.33 bits per heavy atom. The molecule has 0 aromatic carbocycles. The van der Waals surface area contributed by atoms with E-state index >= 15 is 0 Å². The fourth-order valence-corrected chi connectivity index (χ4v) is 0.836. The summed E-state index contributed by atoms with van der Waals surface area (Å²) in [6.45, 7) is 3.58. The molecule has 0 aliphatic heterocycles. The Kier molecular flexibility index (Phi) is 1.74. The smallest absolute Gasteiger partial charge is 0.114 e. The van der Waals surface area contributed by atoms with Crippen LogP contribution in [-0.2, 0) is 0 Å². The lowest BCUT2D eigenvalue weighted by Gasteiger charge is -2.11. The van der Waals surface area contributed by atoms with Crippen LogP contribution in [0.1, 0.15) is 0 Å². The molecule has 0 amide bonds. The predicted molar refractivity (Wildman–Crippen MR) is 38.2 cm³/mol. The van der Waals surface area contributed by atoms with Crippen molar-refractivity contribution in [2.45, 2.75) is 6.10 Å². The van der Waals surface area contributed by atoms with E-state index in [4.69, 9.17) is 16.7 Å². The van der Waals surface area contributed by atoms with Crippen LogP contribution in [0.3, 0.4) is 0 Å². The van der Waals surface area contributed by atoms with E-state index in [9.17, 15) is 0 Å². The van der Waals surface area contributed by atoms with Gasteiger partial charge in [-0.25, -0.2) is 0 Å². The van der Waals surface area contributed by atoms with E-state index in [2.05, 4.69) is 6.58 Å². The van der Waals surface area contributed by atoms with E-state index in [1.165, 1.54) is 0 Å². The first-order chi connectivity index (χ1) is 4.22. The van der Waals surface area contributed by atoms with Crippen LogP contribution in [0.25, 0.3) is 0 Å². The third-order valence-electron chi connectivity index (χ3n) is 1.18. The molecule has 0 radical (unpaired) electrons. The zero-order valence-corrected chi connectivity index (χ0v) is 5.60. The summed E-state index contributed by atoms with van der Waals surface area (Å²) in [5.74, 6) is 0. The molecular weight excluding hydrogens is 136 g/mol. The molecule has 2 heteroatoms. The molecule has 0 aromatic heterocycles. The van der Waals surface area contributed by atoms with E-state index < -0.39 is 6.10 Å². The first kappa shape index (κ1) is 6.59. The summed E-state index contributed by atoms with van der Waals surface area (Å²) in [5.41, 5.74) is 0.641. The second-order valence-corrected chi connectivity index (χ2v) is 2.32. The summed E-state index contributed by atoms with van der Waals surface area (Å²) in [4.78, 5) is 0. The highest BCUT2D eigenvalue weighted by atomic mass is 35.5. The minimum atomic E-state index is -0.684. The predicted octanol–water partition coefficient (Wildman–Crippen LogP) is 1.60. The Morgan fingerprint density at radius 1 is 1.67 bits per heavy atom. The quantitative estimate of drug-likeness (QED) is 0.545. The van der Waals surface area contributed by atoms with Gasteiger partial charge in [-0.15, -0.1) is 0 Å². The van der Waals surface area contributed by atoms with Crippen molar-refractivity contribution in [1.82, 2.24) is 0 Å². The number of hydrogen-bond donors (Lipinski definition) is 1. The Labute approximate surface area is 59.0 Å². The maximum absolute atomic E-state index is 9.10. The number of aliphatic hydroxyl groups excluding tert-OH is 1. The molecule has 0 spiro atoms. The molecule has 0 bridgehead atoms. The average molecular weight is 143 g/mol. The van der Waals surface area contributed by atoms with Gasteiger partial charge in [0.25, 0.3) is 0 Å². The number of aliphatic hydroxyl groups is 1. The highest BCUT2D eigenvalue weighted by Crippen LogP contribution is 2.19. The van der Waals surface area contributed by atoms with Crippen LogP contribution in [-0.4, -0.2) is 11.2 Å². The van der Waals surface area contributed by atoms with Crippen molar-refractivity contribution in [3.63, 3.8) is 0 Å². The van der Waals surface area contributed by atoms with Crippen molar-refractivity contribution in [2.24, 2.45) is 0 Å². The lowest BCUT2D eigenvalue weighted by molar-refractivity contribution is 0.258. The first-order valence-corrected chi connectivity index (χ1v) is 3.00. The summed E-state index contributed by atoms with van der Waals surface area (Å²) >= 11 is 5.56. The van der Waals surface area contributed by atoms with Gasteiger partial charge in [0.1, 0.15) is 6.10 Å². The lowest BCUT2D eigenvalue weighted by Crippen LogP contribution is -2.09. The van der Waals surface area contributed by atoms with Gasteiger partial charge >= 0.3 is 0 Å². The van der Waals surface area contributed by atoms with Crippen molar-refractivity contribution in [2.75, 3.05) is 0 Å². The summed E-state index contributed by atoms with van der Waals surface area (Å²) in [7, 11) is 0. The Bertz CT molecular complexity index is 191. The molecule has 9 heavy (non-hydrogen) atoms. The van der Waals surface area contributed by atoms with Crippen molar-refractivity contribution in [3.8, 4) is 0 Å². The number of hydrogen-bond acceptors (Lipinski definition) is 1. The van der Waals surface area contributed by atoms with Gasteiger partial charge in [-0.2, -0.15) is 0 Å². The highest BCUT2D eigenvalue weighted by Gasteiger charge is 2.11.